The van der Waals surface area contributed by atoms with E-state index >= 15 is 0 Å². The Morgan fingerprint density at radius 3 is 1.02 bits per heavy atom. The van der Waals surface area contributed by atoms with Crippen LogP contribution in [0.2, 0.25) is 0 Å². The quantitative estimate of drug-likeness (QED) is 0.0971. The third-order valence-electron chi connectivity index (χ3n) is 12.3. The van der Waals surface area contributed by atoms with Gasteiger partial charge in [-0.2, -0.15) is 0 Å². The van der Waals surface area contributed by atoms with Gasteiger partial charge in [0, 0.05) is 16.7 Å². The largest absolute Gasteiger partial charge is 0.208 e. The molecule has 9 aromatic rings. The van der Waals surface area contributed by atoms with E-state index in [4.69, 9.17) is 15.0 Å². The lowest BCUT2D eigenvalue weighted by molar-refractivity contribution is 1.01. The highest BCUT2D eigenvalue weighted by Crippen LogP contribution is 2.28. The Balaban J connectivity index is 1.19. The van der Waals surface area contributed by atoms with E-state index < -0.39 is 16.1 Å². The summed E-state index contributed by atoms with van der Waals surface area (Å²) in [5, 5.41) is 10.8. The van der Waals surface area contributed by atoms with E-state index in [1.165, 1.54) is 41.5 Å². The van der Waals surface area contributed by atoms with Gasteiger partial charge in [-0.05, 0) is 49.1 Å². The fourth-order valence-corrected chi connectivity index (χ4v) is 19.4. The first-order chi connectivity index (χ1) is 30.7. The van der Waals surface area contributed by atoms with Crippen LogP contribution in [0.3, 0.4) is 0 Å². The van der Waals surface area contributed by atoms with E-state index in [0.29, 0.717) is 17.5 Å². The molecule has 10 rings (SSSR count). The smallest absolute Gasteiger partial charge is 0.179 e. The molecule has 0 N–H and O–H groups in total. The van der Waals surface area contributed by atoms with Crippen molar-refractivity contribution in [1.82, 2.24) is 15.0 Å². The van der Waals surface area contributed by atoms with Crippen LogP contribution in [0.4, 0.5) is 0 Å². The topological polar surface area (TPSA) is 38.7 Å². The molecule has 1 aromatic heterocycles. The molecule has 296 valence electrons. The van der Waals surface area contributed by atoms with E-state index in [2.05, 4.69) is 231 Å². The second kappa shape index (κ2) is 17.3. The van der Waals surface area contributed by atoms with Crippen LogP contribution in [0, 0.1) is 0 Å². The summed E-state index contributed by atoms with van der Waals surface area (Å²) >= 11 is 0. The maximum atomic E-state index is 5.40. The maximum absolute atomic E-state index is 5.40. The molecule has 0 saturated heterocycles. The van der Waals surface area contributed by atoms with Crippen LogP contribution in [0.25, 0.3) is 34.2 Å². The number of nitrogens with zero attached hydrogens (tertiary/aromatic N) is 3. The van der Waals surface area contributed by atoms with Gasteiger partial charge < -0.3 is 0 Å². The second-order valence-corrected chi connectivity index (χ2v) is 23.5. The van der Waals surface area contributed by atoms with Crippen LogP contribution in [0.5, 0.6) is 0 Å². The minimum Gasteiger partial charge on any atom is -0.208 e. The normalized spacial score (nSPS) is 12.7. The molecule has 1 aliphatic carbocycles. The molecule has 0 spiro atoms. The molecule has 0 aliphatic heterocycles. The summed E-state index contributed by atoms with van der Waals surface area (Å²) in [6, 6.07) is 83.8. The molecular weight excluding hydrogens is 783 g/mol. The summed E-state index contributed by atoms with van der Waals surface area (Å²) in [5.41, 5.74) is 2.87. The number of rotatable bonds is 11. The average molecular weight is 828 g/mol. The van der Waals surface area contributed by atoms with Gasteiger partial charge in [-0.1, -0.05) is 254 Å². The summed E-state index contributed by atoms with van der Waals surface area (Å²) < 4.78 is 0. The molecule has 62 heavy (non-hydrogen) atoms. The van der Waals surface area contributed by atoms with Crippen molar-refractivity contribution in [2.45, 2.75) is 12.8 Å². The van der Waals surface area contributed by atoms with Gasteiger partial charge in [-0.3, -0.25) is 0 Å². The highest BCUT2D eigenvalue weighted by molar-refractivity contribution is 7.20. The first kappa shape index (κ1) is 38.9. The van der Waals surface area contributed by atoms with Crippen molar-refractivity contribution in [3.05, 3.63) is 254 Å². The van der Waals surface area contributed by atoms with Crippen molar-refractivity contribution in [2.75, 3.05) is 0 Å². The Bertz CT molecular complexity index is 2860. The van der Waals surface area contributed by atoms with Crippen LogP contribution in [0.15, 0.2) is 254 Å². The zero-order valence-electron chi connectivity index (χ0n) is 34.4. The molecule has 5 heteroatoms. The predicted octanol–water partition coefficient (Wildman–Crippen LogP) is 8.54. The standard InChI is InChI=1S/C57H45N3Si2/c1-8-24-44(25-9-1)55-58-56(45-26-22-40-53(42-45)61(47-28-10-2-11-29-47,48-30-12-3-13-31-48)49-32-14-4-15-33-49)60-57(59-55)46-27-23-41-54(43-46)62(50-34-16-5-17-35-50,51-36-18-6-19-37-51)52-38-20-7-21-39-52/h1-20,22-38,40-43H,21,39H2. The summed E-state index contributed by atoms with van der Waals surface area (Å²) in [7, 11) is -5.53. The number of benzene rings is 8. The Hall–Kier alpha value is -7.32. The summed E-state index contributed by atoms with van der Waals surface area (Å²) in [6.45, 7) is 0. The molecule has 1 aliphatic rings. The van der Waals surface area contributed by atoms with Crippen molar-refractivity contribution < 1.29 is 0 Å². The molecule has 0 unspecified atom stereocenters. The zero-order valence-corrected chi connectivity index (χ0v) is 36.4. The van der Waals surface area contributed by atoms with Crippen molar-refractivity contribution >= 4 is 52.5 Å². The number of hydrogen-bond acceptors (Lipinski definition) is 3. The molecule has 0 bridgehead atoms. The first-order valence-corrected chi connectivity index (χ1v) is 25.4. The number of allylic oxidation sites excluding steroid dienone is 4. The first-order valence-electron chi connectivity index (χ1n) is 21.4. The molecule has 0 atom stereocenters. The van der Waals surface area contributed by atoms with Gasteiger partial charge in [0.15, 0.2) is 33.6 Å². The summed E-state index contributed by atoms with van der Waals surface area (Å²) in [4.78, 5) is 15.9. The van der Waals surface area contributed by atoms with Crippen molar-refractivity contribution in [1.29, 1.82) is 0 Å². The molecule has 0 saturated carbocycles. The number of aromatic nitrogens is 3. The summed E-state index contributed by atoms with van der Waals surface area (Å²) in [5.74, 6) is 1.95. The van der Waals surface area contributed by atoms with Gasteiger partial charge in [0.05, 0.1) is 0 Å². The lowest BCUT2D eigenvalue weighted by Crippen LogP contribution is -2.74. The van der Waals surface area contributed by atoms with Crippen molar-refractivity contribution in [3.63, 3.8) is 0 Å². The lowest BCUT2D eigenvalue weighted by Gasteiger charge is -2.37. The highest BCUT2D eigenvalue weighted by atomic mass is 28.3. The van der Waals surface area contributed by atoms with Crippen LogP contribution in [-0.4, -0.2) is 31.1 Å². The monoisotopic (exact) mass is 827 g/mol. The third kappa shape index (κ3) is 7.11. The Labute approximate surface area is 366 Å². The Kier molecular flexibility index (Phi) is 10.9. The predicted molar refractivity (Wildman–Crippen MR) is 264 cm³/mol. The van der Waals surface area contributed by atoms with E-state index in [0.717, 1.165) is 29.5 Å². The van der Waals surface area contributed by atoms with E-state index in [1.807, 2.05) is 18.2 Å². The SMILES string of the molecule is C1=CCCC([Si](c2ccccc2)(c2ccccc2)c2cccc(-c3nc(-c4ccccc4)nc(-c4cccc([Si](c5ccccc5)(c5ccccc5)c5ccccc5)c4)n3)c2)=C1. The fraction of sp³-hybridized carbons (Fsp3) is 0.0351. The van der Waals surface area contributed by atoms with Gasteiger partial charge in [0.25, 0.3) is 0 Å². The average Bonchev–Trinajstić information content (AvgIpc) is 3.37. The van der Waals surface area contributed by atoms with Gasteiger partial charge >= 0.3 is 0 Å². The zero-order chi connectivity index (χ0) is 41.6. The van der Waals surface area contributed by atoms with E-state index in [-0.39, 0.29) is 0 Å². The molecule has 1 heterocycles. The van der Waals surface area contributed by atoms with Crippen molar-refractivity contribution in [3.8, 4) is 34.2 Å². The molecule has 0 amide bonds. The van der Waals surface area contributed by atoms with Crippen LogP contribution >= 0.6 is 0 Å². The lowest BCUT2D eigenvalue weighted by atomic mass is 10.1. The van der Waals surface area contributed by atoms with Crippen LogP contribution in [-0.2, 0) is 0 Å². The van der Waals surface area contributed by atoms with Gasteiger partial charge in [0.2, 0.25) is 0 Å². The molecule has 0 fully saturated rings. The van der Waals surface area contributed by atoms with Crippen LogP contribution in [0.1, 0.15) is 12.8 Å². The molecular formula is C57H45N3Si2. The van der Waals surface area contributed by atoms with Gasteiger partial charge in [-0.15, -0.1) is 0 Å². The van der Waals surface area contributed by atoms with Crippen molar-refractivity contribution in [2.24, 2.45) is 0 Å². The van der Waals surface area contributed by atoms with E-state index in [1.54, 1.807) is 0 Å². The number of hydrogen-bond donors (Lipinski definition) is 0. The van der Waals surface area contributed by atoms with Gasteiger partial charge in [0.1, 0.15) is 0 Å². The minimum atomic E-state index is -2.81. The second-order valence-electron chi connectivity index (χ2n) is 15.8. The minimum absolute atomic E-state index is 0.646. The molecule has 3 nitrogen and oxygen atoms in total. The van der Waals surface area contributed by atoms with Crippen LogP contribution < -0.4 is 36.3 Å². The highest BCUT2D eigenvalue weighted by Gasteiger charge is 2.43. The Morgan fingerprint density at radius 1 is 0.306 bits per heavy atom. The molecule has 8 aromatic carbocycles. The molecule has 0 radical (unpaired) electrons. The maximum Gasteiger partial charge on any atom is 0.179 e. The van der Waals surface area contributed by atoms with Gasteiger partial charge in [-0.25, -0.2) is 15.0 Å². The third-order valence-corrected chi connectivity index (χ3v) is 22.0. The Morgan fingerprint density at radius 2 is 0.629 bits per heavy atom. The summed E-state index contributed by atoms with van der Waals surface area (Å²) in [6.07, 6.45) is 8.96. The fourth-order valence-electron chi connectivity index (χ4n) is 9.55. The van der Waals surface area contributed by atoms with E-state index in [9.17, 15) is 0 Å².